The smallest absolute Gasteiger partial charge is 0.133 e. The summed E-state index contributed by atoms with van der Waals surface area (Å²) in [5, 5.41) is 1.09. The van der Waals surface area contributed by atoms with Gasteiger partial charge < -0.3 is 9.80 Å². The molecule has 0 atom stereocenters. The van der Waals surface area contributed by atoms with E-state index in [1.807, 2.05) is 18.5 Å². The number of anilines is 2. The second-order valence-corrected chi connectivity index (χ2v) is 7.14. The molecule has 1 aliphatic carbocycles. The van der Waals surface area contributed by atoms with Gasteiger partial charge in [0.15, 0.2) is 0 Å². The van der Waals surface area contributed by atoms with Crippen molar-refractivity contribution < 1.29 is 0 Å². The summed E-state index contributed by atoms with van der Waals surface area (Å²) in [6.07, 6.45) is 9.19. The Morgan fingerprint density at radius 3 is 2.58 bits per heavy atom. The van der Waals surface area contributed by atoms with Crippen molar-refractivity contribution in [2.24, 2.45) is 0 Å². The molecule has 0 radical (unpaired) electrons. The van der Waals surface area contributed by atoms with E-state index in [0.29, 0.717) is 5.92 Å². The maximum Gasteiger partial charge on any atom is 0.133 e. The van der Waals surface area contributed by atoms with Crippen molar-refractivity contribution in [3.8, 4) is 0 Å². The summed E-state index contributed by atoms with van der Waals surface area (Å²) in [5.74, 6) is 2.69. The standard InChI is InChI=1S/C20H22N6/c1-2-15(3-1)20-22-7-6-19(24-20)26-10-8-25(9-11-26)17-4-5-18-16(12-17)13-21-14-23-18/h4-7,12-15H,1-3,8-11H2. The van der Waals surface area contributed by atoms with Crippen LogP contribution in [-0.2, 0) is 0 Å². The van der Waals surface area contributed by atoms with Gasteiger partial charge in [0.1, 0.15) is 18.0 Å². The van der Waals surface area contributed by atoms with Crippen LogP contribution >= 0.6 is 0 Å². The van der Waals surface area contributed by atoms with Crippen LogP contribution in [0, 0.1) is 0 Å². The van der Waals surface area contributed by atoms with Crippen molar-refractivity contribution in [2.75, 3.05) is 36.0 Å². The number of aromatic nitrogens is 4. The number of hydrogen-bond donors (Lipinski definition) is 0. The molecule has 1 saturated heterocycles. The van der Waals surface area contributed by atoms with Crippen molar-refractivity contribution in [3.05, 3.63) is 48.8 Å². The van der Waals surface area contributed by atoms with E-state index in [0.717, 1.165) is 48.7 Å². The Hall–Kier alpha value is -2.76. The lowest BCUT2D eigenvalue weighted by Gasteiger charge is -2.37. The molecule has 2 aliphatic rings. The van der Waals surface area contributed by atoms with Crippen LogP contribution < -0.4 is 9.80 Å². The van der Waals surface area contributed by atoms with Crippen LogP contribution in [0.15, 0.2) is 43.0 Å². The quantitative estimate of drug-likeness (QED) is 0.727. The molecule has 3 aromatic rings. The molecule has 0 unspecified atom stereocenters. The number of piperazine rings is 1. The molecule has 0 bridgehead atoms. The predicted molar refractivity (Wildman–Crippen MR) is 103 cm³/mol. The third kappa shape index (κ3) is 2.85. The molecule has 0 N–H and O–H groups in total. The summed E-state index contributed by atoms with van der Waals surface area (Å²) in [5.41, 5.74) is 2.23. The van der Waals surface area contributed by atoms with Crippen LogP contribution in [0.1, 0.15) is 31.0 Å². The van der Waals surface area contributed by atoms with E-state index in [1.165, 1.54) is 24.9 Å². The lowest BCUT2D eigenvalue weighted by atomic mass is 9.85. The summed E-state index contributed by atoms with van der Waals surface area (Å²) < 4.78 is 0. The van der Waals surface area contributed by atoms with E-state index in [-0.39, 0.29) is 0 Å². The second kappa shape index (κ2) is 6.52. The Morgan fingerprint density at radius 2 is 1.77 bits per heavy atom. The van der Waals surface area contributed by atoms with Crippen LogP contribution in [0.5, 0.6) is 0 Å². The maximum absolute atomic E-state index is 4.84. The van der Waals surface area contributed by atoms with E-state index in [4.69, 9.17) is 4.98 Å². The largest absolute Gasteiger partial charge is 0.368 e. The Morgan fingerprint density at radius 1 is 0.923 bits per heavy atom. The highest BCUT2D eigenvalue weighted by atomic mass is 15.3. The number of benzene rings is 1. The van der Waals surface area contributed by atoms with Gasteiger partial charge in [0, 0.05) is 55.6 Å². The van der Waals surface area contributed by atoms with Crippen LogP contribution in [-0.4, -0.2) is 46.1 Å². The molecular weight excluding hydrogens is 324 g/mol. The Kier molecular flexibility index (Phi) is 3.88. The molecule has 0 spiro atoms. The molecule has 2 aromatic heterocycles. The summed E-state index contributed by atoms with van der Waals surface area (Å²) >= 11 is 0. The molecule has 5 rings (SSSR count). The Bertz CT molecular complexity index is 915. The number of fused-ring (bicyclic) bond motifs is 1. The molecule has 0 amide bonds. The van der Waals surface area contributed by atoms with Gasteiger partial charge >= 0.3 is 0 Å². The molecule has 1 saturated carbocycles. The SMILES string of the molecule is c1cc(N2CCN(c3ccc4ncncc4c3)CC2)nc(C2CCC2)n1. The third-order valence-electron chi connectivity index (χ3n) is 5.59. The molecule has 1 aromatic carbocycles. The molecule has 26 heavy (non-hydrogen) atoms. The Balaban J connectivity index is 1.29. The van der Waals surface area contributed by atoms with Gasteiger partial charge in [-0.25, -0.2) is 19.9 Å². The maximum atomic E-state index is 4.84. The van der Waals surface area contributed by atoms with Gasteiger partial charge in [0.2, 0.25) is 0 Å². The van der Waals surface area contributed by atoms with Gasteiger partial charge in [-0.1, -0.05) is 6.42 Å². The molecule has 3 heterocycles. The average Bonchev–Trinajstić information content (AvgIpc) is 2.67. The fourth-order valence-electron chi connectivity index (χ4n) is 3.77. The molecule has 6 heteroatoms. The van der Waals surface area contributed by atoms with Crippen molar-refractivity contribution in [2.45, 2.75) is 25.2 Å². The summed E-state index contributed by atoms with van der Waals surface area (Å²) in [4.78, 5) is 22.6. The summed E-state index contributed by atoms with van der Waals surface area (Å²) in [6.45, 7) is 3.93. The van der Waals surface area contributed by atoms with Gasteiger partial charge in [0.05, 0.1) is 5.52 Å². The van der Waals surface area contributed by atoms with E-state index < -0.39 is 0 Å². The van der Waals surface area contributed by atoms with Crippen LogP contribution in [0.2, 0.25) is 0 Å². The Labute approximate surface area is 152 Å². The molecule has 1 aliphatic heterocycles. The topological polar surface area (TPSA) is 58.0 Å². The minimum Gasteiger partial charge on any atom is -0.368 e. The van der Waals surface area contributed by atoms with Gasteiger partial charge in [0.25, 0.3) is 0 Å². The first-order chi connectivity index (χ1) is 12.9. The fraction of sp³-hybridized carbons (Fsp3) is 0.400. The predicted octanol–water partition coefficient (Wildman–Crippen LogP) is 3.01. The van der Waals surface area contributed by atoms with Crippen molar-refractivity contribution >= 4 is 22.4 Å². The average molecular weight is 346 g/mol. The molecule has 6 nitrogen and oxygen atoms in total. The zero-order valence-electron chi connectivity index (χ0n) is 14.8. The summed E-state index contributed by atoms with van der Waals surface area (Å²) in [6, 6.07) is 8.47. The van der Waals surface area contributed by atoms with Crippen molar-refractivity contribution in [1.82, 2.24) is 19.9 Å². The highest BCUT2D eigenvalue weighted by Crippen LogP contribution is 2.34. The number of hydrogen-bond acceptors (Lipinski definition) is 6. The van der Waals surface area contributed by atoms with E-state index in [1.54, 1.807) is 6.33 Å². The number of rotatable bonds is 3. The monoisotopic (exact) mass is 346 g/mol. The first-order valence-corrected chi connectivity index (χ1v) is 9.39. The lowest BCUT2D eigenvalue weighted by molar-refractivity contribution is 0.401. The normalized spacial score (nSPS) is 18.2. The summed E-state index contributed by atoms with van der Waals surface area (Å²) in [7, 11) is 0. The zero-order valence-corrected chi connectivity index (χ0v) is 14.8. The first kappa shape index (κ1) is 15.5. The fourth-order valence-corrected chi connectivity index (χ4v) is 3.77. The van der Waals surface area contributed by atoms with E-state index in [9.17, 15) is 0 Å². The van der Waals surface area contributed by atoms with E-state index in [2.05, 4.69) is 43.0 Å². The minimum absolute atomic E-state index is 0.580. The lowest BCUT2D eigenvalue weighted by Crippen LogP contribution is -2.47. The van der Waals surface area contributed by atoms with Gasteiger partial charge in [-0.15, -0.1) is 0 Å². The molecule has 132 valence electrons. The molecule has 2 fully saturated rings. The van der Waals surface area contributed by atoms with Crippen molar-refractivity contribution in [3.63, 3.8) is 0 Å². The second-order valence-electron chi connectivity index (χ2n) is 7.14. The number of nitrogens with zero attached hydrogens (tertiary/aromatic N) is 6. The van der Waals surface area contributed by atoms with Crippen LogP contribution in [0.3, 0.4) is 0 Å². The highest BCUT2D eigenvalue weighted by molar-refractivity contribution is 5.81. The zero-order chi connectivity index (χ0) is 17.3. The van der Waals surface area contributed by atoms with Gasteiger partial charge in [-0.3, -0.25) is 0 Å². The minimum atomic E-state index is 0.580. The third-order valence-corrected chi connectivity index (χ3v) is 5.59. The highest BCUT2D eigenvalue weighted by Gasteiger charge is 2.24. The van der Waals surface area contributed by atoms with Crippen molar-refractivity contribution in [1.29, 1.82) is 0 Å². The molecular formula is C20H22N6. The van der Waals surface area contributed by atoms with Crippen LogP contribution in [0.4, 0.5) is 11.5 Å². The van der Waals surface area contributed by atoms with Crippen LogP contribution in [0.25, 0.3) is 10.9 Å². The van der Waals surface area contributed by atoms with Gasteiger partial charge in [-0.2, -0.15) is 0 Å². The first-order valence-electron chi connectivity index (χ1n) is 9.39. The van der Waals surface area contributed by atoms with Gasteiger partial charge in [-0.05, 0) is 37.1 Å². The van der Waals surface area contributed by atoms with E-state index >= 15 is 0 Å².